The molecule has 27 heavy (non-hydrogen) atoms. The van der Waals surface area contributed by atoms with E-state index < -0.39 is 18.0 Å². The zero-order valence-electron chi connectivity index (χ0n) is 15.4. The zero-order valence-corrected chi connectivity index (χ0v) is 15.4. The number of phenolic OH excluding ortho intramolecular Hbond substituents is 2. The summed E-state index contributed by atoms with van der Waals surface area (Å²) in [5.74, 6) is -0.831. The lowest BCUT2D eigenvalue weighted by Crippen LogP contribution is -2.44. The van der Waals surface area contributed by atoms with Crippen molar-refractivity contribution in [2.45, 2.75) is 32.5 Å². The first-order valence-electron chi connectivity index (χ1n) is 9.00. The van der Waals surface area contributed by atoms with E-state index in [9.17, 15) is 20.1 Å². The molecule has 1 heterocycles. The van der Waals surface area contributed by atoms with E-state index >= 15 is 0 Å². The summed E-state index contributed by atoms with van der Waals surface area (Å²) in [5.41, 5.74) is 0.718. The summed E-state index contributed by atoms with van der Waals surface area (Å²) in [5, 5.41) is 31.2. The molecule has 3 unspecified atom stereocenters. The summed E-state index contributed by atoms with van der Waals surface area (Å²) in [7, 11) is 0. The van der Waals surface area contributed by atoms with E-state index in [1.54, 1.807) is 36.4 Å². The topological polar surface area (TPSA) is 87.0 Å². The molecular weight excluding hydrogens is 344 g/mol. The number of hydrogen-bond acceptors (Lipinski definition) is 5. The molecule has 0 saturated carbocycles. The first-order chi connectivity index (χ1) is 12.8. The Kier molecular flexibility index (Phi) is 5.24. The van der Waals surface area contributed by atoms with Crippen LogP contribution in [0, 0.1) is 11.8 Å². The Morgan fingerprint density at radius 3 is 2.48 bits per heavy atom. The fourth-order valence-corrected chi connectivity index (χ4v) is 3.61. The second-order valence-electron chi connectivity index (χ2n) is 7.20. The van der Waals surface area contributed by atoms with Crippen molar-refractivity contribution in [1.82, 2.24) is 0 Å². The van der Waals surface area contributed by atoms with E-state index in [0.29, 0.717) is 11.1 Å². The highest BCUT2D eigenvalue weighted by molar-refractivity contribution is 6.13. The third-order valence-electron chi connectivity index (χ3n) is 5.07. The predicted molar refractivity (Wildman–Crippen MR) is 102 cm³/mol. The van der Waals surface area contributed by atoms with E-state index in [1.165, 1.54) is 0 Å². The van der Waals surface area contributed by atoms with E-state index in [1.807, 2.05) is 13.8 Å². The fraction of sp³-hybridized carbons (Fsp3) is 0.318. The van der Waals surface area contributed by atoms with Crippen LogP contribution in [0.15, 0.2) is 49.1 Å². The maximum atomic E-state index is 13.0. The number of benzene rings is 2. The van der Waals surface area contributed by atoms with Crippen molar-refractivity contribution in [2.24, 2.45) is 11.8 Å². The van der Waals surface area contributed by atoms with Gasteiger partial charge in [-0.1, -0.05) is 50.3 Å². The van der Waals surface area contributed by atoms with Crippen molar-refractivity contribution in [3.63, 3.8) is 0 Å². The number of phenols is 2. The molecule has 0 spiro atoms. The van der Waals surface area contributed by atoms with Gasteiger partial charge in [0.15, 0.2) is 0 Å². The summed E-state index contributed by atoms with van der Waals surface area (Å²) in [4.78, 5) is 13.0. The number of aromatic hydroxyl groups is 2. The van der Waals surface area contributed by atoms with Crippen LogP contribution in [-0.2, 0) is 6.42 Å². The maximum Gasteiger partial charge on any atom is 0.200 e. The molecule has 0 aliphatic carbocycles. The van der Waals surface area contributed by atoms with Gasteiger partial charge in [-0.15, -0.1) is 6.58 Å². The van der Waals surface area contributed by atoms with E-state index in [4.69, 9.17) is 4.74 Å². The maximum absolute atomic E-state index is 13.0. The minimum Gasteiger partial charge on any atom is -0.507 e. The second kappa shape index (κ2) is 7.45. The molecule has 0 amide bonds. The molecule has 0 saturated heterocycles. The Bertz CT molecular complexity index is 857. The number of carbonyl (C=O) groups is 1. The molecule has 5 nitrogen and oxygen atoms in total. The van der Waals surface area contributed by atoms with Crippen molar-refractivity contribution >= 4 is 5.78 Å². The number of fused-ring (bicyclic) bond motifs is 1. The van der Waals surface area contributed by atoms with E-state index in [0.717, 1.165) is 6.07 Å². The molecule has 0 radical (unpaired) electrons. The van der Waals surface area contributed by atoms with Crippen molar-refractivity contribution in [2.75, 3.05) is 0 Å². The molecule has 3 N–H and O–H groups in total. The molecule has 5 heteroatoms. The molecule has 0 fully saturated rings. The molecule has 3 rings (SSSR count). The van der Waals surface area contributed by atoms with Gasteiger partial charge in [0.05, 0.1) is 6.10 Å². The van der Waals surface area contributed by atoms with Crippen molar-refractivity contribution in [3.05, 3.63) is 65.7 Å². The number of aliphatic hydroxyl groups excluding tert-OH is 1. The largest absolute Gasteiger partial charge is 0.507 e. The molecular formula is C22H24O5. The molecule has 2 aromatic carbocycles. The molecule has 0 bridgehead atoms. The Morgan fingerprint density at radius 1 is 1.22 bits per heavy atom. The quantitative estimate of drug-likeness (QED) is 0.556. The zero-order chi connectivity index (χ0) is 19.7. The minimum atomic E-state index is -0.863. The number of carbonyl (C=O) groups excluding carboxylic acids is 1. The highest BCUT2D eigenvalue weighted by Crippen LogP contribution is 2.44. The molecule has 142 valence electrons. The van der Waals surface area contributed by atoms with Crippen LogP contribution in [0.25, 0.3) is 0 Å². The highest BCUT2D eigenvalue weighted by Gasteiger charge is 2.39. The molecule has 1 aliphatic heterocycles. The SMILES string of the molecule is C=CC(C(C)C)C1Oc2c(c(O)cc(O)c2C(=O)c2ccccc2)CC1O. The molecule has 0 aromatic heterocycles. The van der Waals surface area contributed by atoms with Crippen LogP contribution in [0.5, 0.6) is 17.2 Å². The normalized spacial score (nSPS) is 19.9. The van der Waals surface area contributed by atoms with Gasteiger partial charge in [0, 0.05) is 29.5 Å². The lowest BCUT2D eigenvalue weighted by molar-refractivity contribution is -0.0127. The minimum absolute atomic E-state index is 0.00234. The van der Waals surface area contributed by atoms with Gasteiger partial charge in [-0.25, -0.2) is 0 Å². The first-order valence-corrected chi connectivity index (χ1v) is 9.00. The van der Waals surface area contributed by atoms with Crippen molar-refractivity contribution in [1.29, 1.82) is 0 Å². The summed E-state index contributed by atoms with van der Waals surface area (Å²) in [6.45, 7) is 7.82. The third kappa shape index (κ3) is 3.43. The summed E-state index contributed by atoms with van der Waals surface area (Å²) in [6, 6.07) is 9.68. The van der Waals surface area contributed by atoms with Crippen molar-refractivity contribution in [3.8, 4) is 17.2 Å². The van der Waals surface area contributed by atoms with Crippen molar-refractivity contribution < 1.29 is 24.9 Å². The van der Waals surface area contributed by atoms with Crippen LogP contribution in [0.1, 0.15) is 35.3 Å². The van der Waals surface area contributed by atoms with Gasteiger partial charge in [0.1, 0.15) is 28.9 Å². The Balaban J connectivity index is 2.12. The number of ether oxygens (including phenoxy) is 1. The monoisotopic (exact) mass is 368 g/mol. The summed E-state index contributed by atoms with van der Waals surface area (Å²) < 4.78 is 6.03. The van der Waals surface area contributed by atoms with Crippen LogP contribution in [0.4, 0.5) is 0 Å². The van der Waals surface area contributed by atoms with Gasteiger partial charge in [-0.2, -0.15) is 0 Å². The Labute approximate surface area is 158 Å². The lowest BCUT2D eigenvalue weighted by Gasteiger charge is -2.37. The first kappa shape index (κ1) is 19.0. The van der Waals surface area contributed by atoms with Crippen LogP contribution < -0.4 is 4.74 Å². The number of hydrogen-bond donors (Lipinski definition) is 3. The third-order valence-corrected chi connectivity index (χ3v) is 5.07. The smallest absolute Gasteiger partial charge is 0.200 e. The van der Waals surface area contributed by atoms with Gasteiger partial charge in [-0.05, 0) is 5.92 Å². The van der Waals surface area contributed by atoms with Gasteiger partial charge in [-0.3, -0.25) is 4.79 Å². The van der Waals surface area contributed by atoms with Gasteiger partial charge in [0.2, 0.25) is 5.78 Å². The lowest BCUT2D eigenvalue weighted by atomic mass is 9.83. The standard InChI is InChI=1S/C22H24O5/c1-4-14(12(2)3)21-18(25)10-15-16(23)11-17(24)19(22(15)27-21)20(26)13-8-6-5-7-9-13/h4-9,11-12,14,18,21,23-25H,1,10H2,2-3H3. The second-order valence-corrected chi connectivity index (χ2v) is 7.20. The Morgan fingerprint density at radius 2 is 1.89 bits per heavy atom. The van der Waals surface area contributed by atoms with Gasteiger partial charge >= 0.3 is 0 Å². The highest BCUT2D eigenvalue weighted by atomic mass is 16.5. The summed E-state index contributed by atoms with van der Waals surface area (Å²) >= 11 is 0. The average molecular weight is 368 g/mol. The number of rotatable bonds is 5. The molecule has 1 aliphatic rings. The number of ketones is 1. The van der Waals surface area contributed by atoms with Crippen LogP contribution >= 0.6 is 0 Å². The van der Waals surface area contributed by atoms with Gasteiger partial charge in [0.25, 0.3) is 0 Å². The van der Waals surface area contributed by atoms with Crippen LogP contribution in [0.2, 0.25) is 0 Å². The molecule has 3 atom stereocenters. The van der Waals surface area contributed by atoms with E-state index in [2.05, 4.69) is 6.58 Å². The fourth-order valence-electron chi connectivity index (χ4n) is 3.61. The Hall–Kier alpha value is -2.79. The van der Waals surface area contributed by atoms with Gasteiger partial charge < -0.3 is 20.1 Å². The summed E-state index contributed by atoms with van der Waals surface area (Å²) in [6.07, 6.45) is 0.361. The van der Waals surface area contributed by atoms with Crippen LogP contribution in [-0.4, -0.2) is 33.3 Å². The molecule has 2 aromatic rings. The van der Waals surface area contributed by atoms with Crippen LogP contribution in [0.3, 0.4) is 0 Å². The van der Waals surface area contributed by atoms with E-state index in [-0.39, 0.29) is 41.1 Å². The predicted octanol–water partition coefficient (Wildman–Crippen LogP) is 3.45. The average Bonchev–Trinajstić information content (AvgIpc) is 2.64. The number of aliphatic hydroxyl groups is 1.